The third-order valence-electron chi connectivity index (χ3n) is 7.13. The first-order valence-electron chi connectivity index (χ1n) is 11.3. The summed E-state index contributed by atoms with van der Waals surface area (Å²) in [5.74, 6) is 0. The Kier molecular flexibility index (Phi) is 6.50. The van der Waals surface area contributed by atoms with E-state index in [-0.39, 0.29) is 18.2 Å². The highest BCUT2D eigenvalue weighted by molar-refractivity contribution is 5.35. The summed E-state index contributed by atoms with van der Waals surface area (Å²) in [5, 5.41) is 10.9. The van der Waals surface area contributed by atoms with Crippen molar-refractivity contribution in [3.05, 3.63) is 70.8 Å². The van der Waals surface area contributed by atoms with Gasteiger partial charge in [0.15, 0.2) is 0 Å². The maximum absolute atomic E-state index is 13.3. The van der Waals surface area contributed by atoms with E-state index >= 15 is 0 Å². The maximum Gasteiger partial charge on any atom is 0.416 e. The Bertz CT molecular complexity index is 976. The van der Waals surface area contributed by atoms with E-state index in [9.17, 15) is 31.4 Å². The molecule has 2 aromatic rings. The number of nitrogens with zero attached hydrogens (tertiary/aromatic N) is 1. The molecule has 4 rings (SSSR count). The second-order valence-electron chi connectivity index (χ2n) is 9.44. The zero-order chi connectivity index (χ0) is 24.8. The van der Waals surface area contributed by atoms with Crippen molar-refractivity contribution in [1.82, 2.24) is 4.90 Å². The van der Waals surface area contributed by atoms with Gasteiger partial charge < -0.3 is 9.84 Å². The SMILES string of the molecule is C[C@@H](OC[C@@]1(c2ccccc2)CCC2(O)CCCN1C2)c1cc(C(F)(F)F)cc(C(F)(F)F)c1. The molecule has 1 N–H and O–H groups in total. The second-order valence-corrected chi connectivity index (χ2v) is 9.44. The van der Waals surface area contributed by atoms with E-state index in [1.807, 2.05) is 30.3 Å². The third kappa shape index (κ3) is 4.97. The lowest BCUT2D eigenvalue weighted by molar-refractivity contribution is -0.147. The Labute approximate surface area is 194 Å². The Morgan fingerprint density at radius 2 is 1.56 bits per heavy atom. The zero-order valence-corrected chi connectivity index (χ0v) is 18.7. The first kappa shape index (κ1) is 25.0. The van der Waals surface area contributed by atoms with E-state index in [2.05, 4.69) is 4.90 Å². The Balaban J connectivity index is 1.64. The van der Waals surface area contributed by atoms with Crippen LogP contribution in [0.15, 0.2) is 48.5 Å². The summed E-state index contributed by atoms with van der Waals surface area (Å²) in [6, 6.07) is 11.1. The summed E-state index contributed by atoms with van der Waals surface area (Å²) in [6.45, 7) is 2.70. The second kappa shape index (κ2) is 8.84. The Morgan fingerprint density at radius 1 is 0.941 bits per heavy atom. The molecule has 4 atom stereocenters. The molecule has 2 unspecified atom stereocenters. The molecule has 2 aliphatic rings. The van der Waals surface area contributed by atoms with Gasteiger partial charge in [0.05, 0.1) is 35.0 Å². The van der Waals surface area contributed by atoms with Crippen LogP contribution in [-0.4, -0.2) is 35.3 Å². The van der Waals surface area contributed by atoms with Gasteiger partial charge in [-0.15, -0.1) is 0 Å². The van der Waals surface area contributed by atoms with Gasteiger partial charge in [-0.3, -0.25) is 4.90 Å². The Hall–Kier alpha value is -2.10. The Morgan fingerprint density at radius 3 is 2.15 bits per heavy atom. The molecular weight excluding hydrogens is 460 g/mol. The first-order valence-corrected chi connectivity index (χ1v) is 11.3. The summed E-state index contributed by atoms with van der Waals surface area (Å²) in [5.41, 5.74) is -3.36. The zero-order valence-electron chi connectivity index (χ0n) is 18.7. The highest BCUT2D eigenvalue weighted by Gasteiger charge is 2.50. The van der Waals surface area contributed by atoms with Crippen molar-refractivity contribution >= 4 is 0 Å². The lowest BCUT2D eigenvalue weighted by atomic mass is 9.72. The molecule has 0 saturated carbocycles. The third-order valence-corrected chi connectivity index (χ3v) is 7.13. The van der Waals surface area contributed by atoms with Crippen LogP contribution in [0.25, 0.3) is 0 Å². The van der Waals surface area contributed by atoms with E-state index in [0.29, 0.717) is 25.8 Å². The molecule has 0 aliphatic carbocycles. The van der Waals surface area contributed by atoms with Crippen LogP contribution in [0.4, 0.5) is 26.3 Å². The van der Waals surface area contributed by atoms with E-state index in [1.54, 1.807) is 0 Å². The summed E-state index contributed by atoms with van der Waals surface area (Å²) >= 11 is 0. The predicted molar refractivity (Wildman–Crippen MR) is 114 cm³/mol. The van der Waals surface area contributed by atoms with E-state index < -0.39 is 40.7 Å². The number of alkyl halides is 6. The molecule has 0 aromatic heterocycles. The highest BCUT2D eigenvalue weighted by atomic mass is 19.4. The van der Waals surface area contributed by atoms with Crippen molar-refractivity contribution in [2.75, 3.05) is 19.7 Å². The van der Waals surface area contributed by atoms with Gasteiger partial charge in [-0.1, -0.05) is 30.3 Å². The largest absolute Gasteiger partial charge is 0.416 e. The van der Waals surface area contributed by atoms with Crippen molar-refractivity contribution in [3.8, 4) is 0 Å². The van der Waals surface area contributed by atoms with Crippen molar-refractivity contribution < 1.29 is 36.2 Å². The van der Waals surface area contributed by atoms with Gasteiger partial charge in [0.2, 0.25) is 0 Å². The number of ether oxygens (including phenoxy) is 1. The molecule has 0 amide bonds. The number of hydrogen-bond donors (Lipinski definition) is 1. The molecule has 9 heteroatoms. The average molecular weight is 487 g/mol. The summed E-state index contributed by atoms with van der Waals surface area (Å²) in [6.07, 6.45) is -8.23. The smallest absolute Gasteiger partial charge is 0.389 e. The fraction of sp³-hybridized carbons (Fsp3) is 0.520. The molecule has 2 aliphatic heterocycles. The van der Waals surface area contributed by atoms with E-state index in [4.69, 9.17) is 4.74 Å². The van der Waals surface area contributed by atoms with Crippen molar-refractivity contribution in [3.63, 3.8) is 0 Å². The van der Waals surface area contributed by atoms with E-state index in [1.165, 1.54) is 6.92 Å². The van der Waals surface area contributed by atoms with Crippen LogP contribution in [0.3, 0.4) is 0 Å². The monoisotopic (exact) mass is 487 g/mol. The average Bonchev–Trinajstić information content (AvgIpc) is 2.78. The first-order chi connectivity index (χ1) is 15.8. The quantitative estimate of drug-likeness (QED) is 0.501. The molecule has 2 fully saturated rings. The van der Waals surface area contributed by atoms with Crippen LogP contribution >= 0.6 is 0 Å². The van der Waals surface area contributed by atoms with Gasteiger partial charge in [-0.05, 0) is 68.5 Å². The number of fused-ring (bicyclic) bond motifs is 2. The maximum atomic E-state index is 13.3. The molecule has 2 saturated heterocycles. The standard InChI is InChI=1S/C25H27F6NO2/c1-17(18-12-20(24(26,27)28)14-21(13-18)25(29,30)31)34-16-23(19-6-3-2-4-7-19)10-9-22(33)8-5-11-32(23)15-22/h2-4,6-7,12-14,17,33H,5,8-11,15-16H2,1H3/t17-,22?,23-/m1/s1. The van der Waals surface area contributed by atoms with Gasteiger partial charge >= 0.3 is 12.4 Å². The summed E-state index contributed by atoms with van der Waals surface area (Å²) in [7, 11) is 0. The minimum atomic E-state index is -4.91. The lowest BCUT2D eigenvalue weighted by Crippen LogP contribution is -2.63. The summed E-state index contributed by atoms with van der Waals surface area (Å²) in [4.78, 5) is 2.15. The molecule has 34 heavy (non-hydrogen) atoms. The van der Waals surface area contributed by atoms with Crippen LogP contribution in [0.2, 0.25) is 0 Å². The number of halogens is 6. The molecule has 3 nitrogen and oxygen atoms in total. The number of piperidine rings is 2. The van der Waals surface area contributed by atoms with Crippen LogP contribution in [0, 0.1) is 0 Å². The van der Waals surface area contributed by atoms with Crippen LogP contribution in [0.5, 0.6) is 0 Å². The highest BCUT2D eigenvalue weighted by Crippen LogP contribution is 2.46. The van der Waals surface area contributed by atoms with Crippen LogP contribution < -0.4 is 0 Å². The number of benzene rings is 2. The topological polar surface area (TPSA) is 32.7 Å². The molecule has 186 valence electrons. The summed E-state index contributed by atoms with van der Waals surface area (Å²) < 4.78 is 85.8. The molecule has 2 bridgehead atoms. The van der Waals surface area contributed by atoms with Gasteiger partial charge in [0.1, 0.15) is 0 Å². The van der Waals surface area contributed by atoms with Crippen LogP contribution in [0.1, 0.15) is 61.0 Å². The number of aliphatic hydroxyl groups is 1. The molecular formula is C25H27F6NO2. The molecule has 2 aromatic carbocycles. The minimum absolute atomic E-state index is 0.0753. The van der Waals surface area contributed by atoms with Gasteiger partial charge in [-0.2, -0.15) is 26.3 Å². The van der Waals surface area contributed by atoms with Gasteiger partial charge in [0, 0.05) is 6.54 Å². The molecule has 0 radical (unpaired) electrons. The molecule has 0 spiro atoms. The fourth-order valence-corrected chi connectivity index (χ4v) is 5.17. The fourth-order valence-electron chi connectivity index (χ4n) is 5.17. The lowest BCUT2D eigenvalue weighted by Gasteiger charge is -2.55. The van der Waals surface area contributed by atoms with E-state index in [0.717, 1.165) is 30.7 Å². The van der Waals surface area contributed by atoms with Crippen molar-refractivity contribution in [1.29, 1.82) is 0 Å². The predicted octanol–water partition coefficient (Wildman–Crippen LogP) is 6.32. The normalized spacial score (nSPS) is 28.5. The van der Waals surface area contributed by atoms with Crippen molar-refractivity contribution in [2.45, 2.75) is 62.2 Å². The van der Waals surface area contributed by atoms with Crippen LogP contribution in [-0.2, 0) is 22.6 Å². The van der Waals surface area contributed by atoms with Gasteiger partial charge in [-0.25, -0.2) is 0 Å². The number of hydrogen-bond acceptors (Lipinski definition) is 3. The molecule has 2 heterocycles. The van der Waals surface area contributed by atoms with Crippen molar-refractivity contribution in [2.24, 2.45) is 0 Å². The van der Waals surface area contributed by atoms with Gasteiger partial charge in [0.25, 0.3) is 0 Å². The number of rotatable bonds is 5. The minimum Gasteiger partial charge on any atom is -0.389 e.